The van der Waals surface area contributed by atoms with Crippen molar-refractivity contribution in [3.8, 4) is 0 Å². The Hall–Kier alpha value is 1.17. The van der Waals surface area contributed by atoms with Crippen molar-refractivity contribution in [1.82, 2.24) is 0 Å². The van der Waals surface area contributed by atoms with E-state index >= 15 is 0 Å². The smallest absolute Gasteiger partial charge is 0.0784 e. The summed E-state index contributed by atoms with van der Waals surface area (Å²) in [4.78, 5) is 0. The Bertz CT molecular complexity index is 138. The van der Waals surface area contributed by atoms with Gasteiger partial charge >= 0.3 is 0 Å². The van der Waals surface area contributed by atoms with E-state index in [0.717, 1.165) is 5.33 Å². The second-order valence-electron chi connectivity index (χ2n) is 5.60. The number of nitrogens with zero attached hydrogens (tertiary/aromatic N) is 1. The van der Waals surface area contributed by atoms with E-state index in [-0.39, 0.29) is 24.0 Å². The molecule has 0 saturated carbocycles. The maximum atomic E-state index is 3.54. The molecule has 0 saturated heterocycles. The molecule has 0 bridgehead atoms. The summed E-state index contributed by atoms with van der Waals surface area (Å²) >= 11 is 3.54. The average Bonchev–Trinajstić information content (AvgIpc) is 2.30. The van der Waals surface area contributed by atoms with Crippen molar-refractivity contribution in [1.29, 1.82) is 0 Å². The summed E-state index contributed by atoms with van der Waals surface area (Å²) < 4.78 is 1.31. The molecule has 0 radical (unpaired) electrons. The third-order valence-corrected chi connectivity index (χ3v) is 4.25. The van der Waals surface area contributed by atoms with E-state index in [0.29, 0.717) is 0 Å². The first-order valence-corrected chi connectivity index (χ1v) is 8.70. The highest BCUT2D eigenvalue weighted by molar-refractivity contribution is 9.09. The van der Waals surface area contributed by atoms with Gasteiger partial charge in [-0.3, -0.25) is 0 Å². The molecule has 0 aromatic carbocycles. The molecule has 18 heavy (non-hydrogen) atoms. The number of rotatable bonds is 12. The van der Waals surface area contributed by atoms with Gasteiger partial charge in [0.05, 0.1) is 26.7 Å². The topological polar surface area (TPSA) is 0 Å². The van der Waals surface area contributed by atoms with Crippen LogP contribution < -0.4 is 24.0 Å². The number of quaternary nitrogens is 1. The van der Waals surface area contributed by atoms with Crippen molar-refractivity contribution in [3.63, 3.8) is 0 Å². The van der Waals surface area contributed by atoms with Gasteiger partial charge in [-0.2, -0.15) is 0 Å². The minimum absolute atomic E-state index is 0. The van der Waals surface area contributed by atoms with Crippen LogP contribution in [0.4, 0.5) is 0 Å². The molecule has 0 aliphatic carbocycles. The Morgan fingerprint density at radius 2 is 1.11 bits per heavy atom. The molecule has 0 unspecified atom stereocenters. The lowest BCUT2D eigenvalue weighted by Crippen LogP contribution is -3.00. The van der Waals surface area contributed by atoms with Gasteiger partial charge in [0.15, 0.2) is 0 Å². The number of halogens is 2. The first kappa shape index (κ1) is 21.5. The van der Waals surface area contributed by atoms with E-state index in [4.69, 9.17) is 0 Å². The molecule has 112 valence electrons. The predicted octanol–water partition coefficient (Wildman–Crippen LogP) is 1.99. The van der Waals surface area contributed by atoms with Gasteiger partial charge < -0.3 is 28.5 Å². The van der Waals surface area contributed by atoms with Gasteiger partial charge in [0.1, 0.15) is 0 Å². The van der Waals surface area contributed by atoms with E-state index in [1.54, 1.807) is 0 Å². The summed E-state index contributed by atoms with van der Waals surface area (Å²) in [7, 11) is 2.47. The van der Waals surface area contributed by atoms with Crippen LogP contribution >= 0.6 is 15.9 Å². The summed E-state index contributed by atoms with van der Waals surface area (Å²) in [5.74, 6) is 0. The number of unbranched alkanes of at least 4 members (excludes halogenated alkanes) is 5. The lowest BCUT2D eigenvalue weighted by molar-refractivity contribution is -0.910. The quantitative estimate of drug-likeness (QED) is 0.191. The summed E-state index contributed by atoms with van der Waals surface area (Å²) in [6, 6.07) is 0. The third-order valence-electron chi connectivity index (χ3n) is 3.68. The fourth-order valence-corrected chi connectivity index (χ4v) is 2.81. The van der Waals surface area contributed by atoms with Crippen LogP contribution in [-0.4, -0.2) is 36.5 Å². The van der Waals surface area contributed by atoms with Gasteiger partial charge in [-0.1, -0.05) is 42.6 Å². The summed E-state index contributed by atoms with van der Waals surface area (Å²) in [6.45, 7) is 8.75. The molecule has 1 nitrogen and oxygen atoms in total. The minimum Gasteiger partial charge on any atom is -1.00 e. The van der Waals surface area contributed by atoms with Crippen LogP contribution in [0.3, 0.4) is 0 Å². The second kappa shape index (κ2) is 14.6. The van der Waals surface area contributed by atoms with E-state index in [9.17, 15) is 0 Å². The third kappa shape index (κ3) is 12.2. The van der Waals surface area contributed by atoms with Crippen molar-refractivity contribution in [2.24, 2.45) is 0 Å². The van der Waals surface area contributed by atoms with E-state index in [1.165, 1.54) is 75.5 Å². The zero-order chi connectivity index (χ0) is 13.0. The molecule has 0 heterocycles. The Morgan fingerprint density at radius 1 is 0.722 bits per heavy atom. The standard InChI is InChI=1S/C15H33BrN.HI/c1-4-6-9-13-17(3,14-10-7-5-2)15-11-8-12-16;/h4-15H2,1-3H3;1H/q+1;/p-1. The number of hydrogen-bond donors (Lipinski definition) is 0. The Kier molecular flexibility index (Phi) is 17.4. The molecule has 0 rings (SSSR count). The molecule has 0 atom stereocenters. The van der Waals surface area contributed by atoms with Crippen LogP contribution in [0.1, 0.15) is 65.2 Å². The van der Waals surface area contributed by atoms with Gasteiger partial charge in [0, 0.05) is 5.33 Å². The molecule has 0 aliphatic heterocycles. The first-order valence-electron chi connectivity index (χ1n) is 7.58. The second-order valence-corrected chi connectivity index (χ2v) is 6.39. The highest BCUT2D eigenvalue weighted by atomic mass is 127. The van der Waals surface area contributed by atoms with Crippen LogP contribution in [0.5, 0.6) is 0 Å². The molecule has 3 heteroatoms. The lowest BCUT2D eigenvalue weighted by Gasteiger charge is -2.35. The molecular weight excluding hydrogens is 401 g/mol. The molecule has 0 aromatic heterocycles. The largest absolute Gasteiger partial charge is 1.00 e. The predicted molar refractivity (Wildman–Crippen MR) is 82.9 cm³/mol. The normalized spacial score (nSPS) is 11.3. The van der Waals surface area contributed by atoms with Gasteiger partial charge in [-0.15, -0.1) is 0 Å². The van der Waals surface area contributed by atoms with Crippen molar-refractivity contribution in [2.45, 2.75) is 65.2 Å². The van der Waals surface area contributed by atoms with Crippen LogP contribution in [0.25, 0.3) is 0 Å². The van der Waals surface area contributed by atoms with Crippen molar-refractivity contribution in [2.75, 3.05) is 32.0 Å². The van der Waals surface area contributed by atoms with Gasteiger partial charge in [-0.05, 0) is 38.5 Å². The molecule has 0 N–H and O–H groups in total. The highest BCUT2D eigenvalue weighted by Gasteiger charge is 2.19. The maximum Gasteiger partial charge on any atom is 0.0784 e. The monoisotopic (exact) mass is 433 g/mol. The number of hydrogen-bond acceptors (Lipinski definition) is 0. The highest BCUT2D eigenvalue weighted by Crippen LogP contribution is 2.13. The Labute approximate surface area is 141 Å². The van der Waals surface area contributed by atoms with E-state index in [1.807, 2.05) is 0 Å². The summed E-state index contributed by atoms with van der Waals surface area (Å²) in [5.41, 5.74) is 0. The molecular formula is C15H33BrIN. The molecule has 0 spiro atoms. The van der Waals surface area contributed by atoms with Crippen molar-refractivity contribution < 1.29 is 28.5 Å². The number of alkyl halides is 1. The van der Waals surface area contributed by atoms with Crippen molar-refractivity contribution >= 4 is 15.9 Å². The zero-order valence-electron chi connectivity index (χ0n) is 12.7. The fourth-order valence-electron chi connectivity index (χ4n) is 2.41. The average molecular weight is 434 g/mol. The summed E-state index contributed by atoms with van der Waals surface area (Å²) in [5, 5.41) is 1.16. The molecule has 0 aliphatic rings. The van der Waals surface area contributed by atoms with Crippen molar-refractivity contribution in [3.05, 3.63) is 0 Å². The van der Waals surface area contributed by atoms with Gasteiger partial charge in [0.2, 0.25) is 0 Å². The molecule has 0 amide bonds. The first-order chi connectivity index (χ1) is 8.18. The van der Waals surface area contributed by atoms with E-state index in [2.05, 4.69) is 36.8 Å². The SMILES string of the molecule is CCCCC[N+](C)(CCCCC)CCCCBr.[I-]. The Morgan fingerprint density at radius 3 is 1.44 bits per heavy atom. The van der Waals surface area contributed by atoms with E-state index < -0.39 is 0 Å². The fraction of sp³-hybridized carbons (Fsp3) is 1.00. The lowest BCUT2D eigenvalue weighted by atomic mass is 10.1. The van der Waals surface area contributed by atoms with Crippen LogP contribution in [0.15, 0.2) is 0 Å². The molecule has 0 aromatic rings. The van der Waals surface area contributed by atoms with Crippen LogP contribution in [-0.2, 0) is 0 Å². The maximum absolute atomic E-state index is 3.54. The van der Waals surface area contributed by atoms with Crippen LogP contribution in [0, 0.1) is 0 Å². The summed E-state index contributed by atoms with van der Waals surface area (Å²) in [6.07, 6.45) is 11.0. The molecule has 0 fully saturated rings. The van der Waals surface area contributed by atoms with Crippen LogP contribution in [0.2, 0.25) is 0 Å². The van der Waals surface area contributed by atoms with Gasteiger partial charge in [-0.25, -0.2) is 0 Å². The van der Waals surface area contributed by atoms with Gasteiger partial charge in [0.25, 0.3) is 0 Å². The minimum atomic E-state index is 0. The Balaban J connectivity index is 0. The zero-order valence-corrected chi connectivity index (χ0v) is 16.4.